The number of halogens is 1. The van der Waals surface area contributed by atoms with Gasteiger partial charge in [0.2, 0.25) is 0 Å². The SMILES string of the molecule is O=C(c1ccc2c(c1)CNC2)N1CCc2cc(SCl)ccc21. The first-order chi connectivity index (χ1) is 10.8. The average Bonchev–Trinajstić information content (AvgIpc) is 3.19. The molecule has 2 aliphatic rings. The molecule has 22 heavy (non-hydrogen) atoms. The first kappa shape index (κ1) is 14.1. The van der Waals surface area contributed by atoms with Crippen LogP contribution in [-0.2, 0) is 19.5 Å². The predicted molar refractivity (Wildman–Crippen MR) is 90.5 cm³/mol. The van der Waals surface area contributed by atoms with Gasteiger partial charge in [0.25, 0.3) is 5.91 Å². The summed E-state index contributed by atoms with van der Waals surface area (Å²) in [6.45, 7) is 2.48. The van der Waals surface area contributed by atoms with Crippen LogP contribution in [0, 0.1) is 0 Å². The molecule has 0 bridgehead atoms. The highest BCUT2D eigenvalue weighted by atomic mass is 35.7. The Morgan fingerprint density at radius 2 is 1.95 bits per heavy atom. The summed E-state index contributed by atoms with van der Waals surface area (Å²) in [5.74, 6) is 0.0831. The van der Waals surface area contributed by atoms with Crippen molar-refractivity contribution in [3.05, 3.63) is 58.7 Å². The second kappa shape index (κ2) is 5.61. The summed E-state index contributed by atoms with van der Waals surface area (Å²) in [5.41, 5.74) is 5.51. The Balaban J connectivity index is 1.65. The summed E-state index contributed by atoms with van der Waals surface area (Å²) in [6, 6.07) is 12.1. The van der Waals surface area contributed by atoms with Crippen LogP contribution in [0.25, 0.3) is 0 Å². The van der Waals surface area contributed by atoms with Gasteiger partial charge in [-0.1, -0.05) is 6.07 Å². The van der Waals surface area contributed by atoms with Crippen LogP contribution in [0.15, 0.2) is 41.3 Å². The van der Waals surface area contributed by atoms with Crippen LogP contribution in [0.3, 0.4) is 0 Å². The minimum atomic E-state index is 0.0831. The number of hydrogen-bond donors (Lipinski definition) is 1. The number of amides is 1. The molecule has 0 atom stereocenters. The van der Waals surface area contributed by atoms with Gasteiger partial charge in [-0.2, -0.15) is 0 Å². The largest absolute Gasteiger partial charge is 0.309 e. The molecule has 0 spiro atoms. The second-order valence-corrected chi connectivity index (χ2v) is 6.75. The molecule has 0 saturated heterocycles. The van der Waals surface area contributed by atoms with Gasteiger partial charge in [-0.3, -0.25) is 4.79 Å². The van der Waals surface area contributed by atoms with Crippen molar-refractivity contribution in [1.29, 1.82) is 0 Å². The number of hydrogen-bond acceptors (Lipinski definition) is 3. The Morgan fingerprint density at radius 3 is 2.82 bits per heavy atom. The maximum atomic E-state index is 12.8. The third kappa shape index (κ3) is 2.32. The van der Waals surface area contributed by atoms with Gasteiger partial charge in [-0.05, 0) is 75.1 Å². The summed E-state index contributed by atoms with van der Waals surface area (Å²) in [4.78, 5) is 15.7. The average molecular weight is 331 g/mol. The van der Waals surface area contributed by atoms with Gasteiger partial charge in [0.15, 0.2) is 0 Å². The zero-order chi connectivity index (χ0) is 15.1. The predicted octanol–water partition coefficient (Wildman–Crippen LogP) is 3.74. The van der Waals surface area contributed by atoms with Crippen molar-refractivity contribution in [1.82, 2.24) is 5.32 Å². The highest BCUT2D eigenvalue weighted by Gasteiger charge is 2.26. The highest BCUT2D eigenvalue weighted by molar-refractivity contribution is 8.21. The molecule has 5 heteroatoms. The fourth-order valence-corrected chi connectivity index (χ4v) is 3.81. The molecule has 2 aromatic rings. The lowest BCUT2D eigenvalue weighted by molar-refractivity contribution is 0.0989. The molecule has 0 unspecified atom stereocenters. The van der Waals surface area contributed by atoms with Crippen molar-refractivity contribution in [3.8, 4) is 0 Å². The van der Waals surface area contributed by atoms with E-state index < -0.39 is 0 Å². The minimum Gasteiger partial charge on any atom is -0.309 e. The Hall–Kier alpha value is -1.49. The Bertz CT molecular complexity index is 762. The molecule has 0 radical (unpaired) electrons. The standard InChI is InChI=1S/C17H15ClN2OS/c18-22-15-3-4-16-11(8-15)5-6-20(16)17(21)12-1-2-13-9-19-10-14(13)7-12/h1-4,7-8,19H,5-6,9-10H2. The molecule has 1 amide bonds. The first-order valence-electron chi connectivity index (χ1n) is 7.32. The van der Waals surface area contributed by atoms with Crippen molar-refractivity contribution in [2.45, 2.75) is 24.4 Å². The van der Waals surface area contributed by atoms with Gasteiger partial charge in [0.1, 0.15) is 0 Å². The van der Waals surface area contributed by atoms with E-state index in [0.717, 1.165) is 42.2 Å². The van der Waals surface area contributed by atoms with Crippen molar-refractivity contribution in [2.75, 3.05) is 11.4 Å². The van der Waals surface area contributed by atoms with E-state index in [-0.39, 0.29) is 5.91 Å². The zero-order valence-electron chi connectivity index (χ0n) is 11.9. The van der Waals surface area contributed by atoms with Gasteiger partial charge < -0.3 is 10.2 Å². The number of rotatable bonds is 2. The van der Waals surface area contributed by atoms with E-state index in [1.807, 2.05) is 29.2 Å². The molecule has 112 valence electrons. The maximum Gasteiger partial charge on any atom is 0.258 e. The molecule has 4 rings (SSSR count). The molecular weight excluding hydrogens is 316 g/mol. The number of nitrogens with zero attached hydrogens (tertiary/aromatic N) is 1. The van der Waals surface area contributed by atoms with Crippen LogP contribution in [-0.4, -0.2) is 12.5 Å². The van der Waals surface area contributed by atoms with Crippen molar-refractivity contribution < 1.29 is 4.79 Å². The quantitative estimate of drug-likeness (QED) is 0.910. The minimum absolute atomic E-state index is 0.0831. The molecule has 2 aliphatic heterocycles. The summed E-state index contributed by atoms with van der Waals surface area (Å²) in [7, 11) is 7.02. The number of carbonyl (C=O) groups excluding carboxylic acids is 1. The summed E-state index contributed by atoms with van der Waals surface area (Å²) >= 11 is 0. The van der Waals surface area contributed by atoms with E-state index in [9.17, 15) is 4.79 Å². The third-order valence-corrected chi connectivity index (χ3v) is 5.33. The van der Waals surface area contributed by atoms with Crippen LogP contribution in [0.5, 0.6) is 0 Å². The Morgan fingerprint density at radius 1 is 1.09 bits per heavy atom. The Kier molecular flexibility index (Phi) is 3.60. The Labute approximate surface area is 138 Å². The number of benzene rings is 2. The molecule has 0 aliphatic carbocycles. The number of nitrogens with one attached hydrogen (secondary N) is 1. The maximum absolute atomic E-state index is 12.8. The summed E-state index contributed by atoms with van der Waals surface area (Å²) in [5, 5.41) is 3.31. The normalized spacial score (nSPS) is 15.8. The van der Waals surface area contributed by atoms with Crippen LogP contribution in [0.4, 0.5) is 5.69 Å². The zero-order valence-corrected chi connectivity index (χ0v) is 13.5. The highest BCUT2D eigenvalue weighted by Crippen LogP contribution is 2.34. The number of anilines is 1. The lowest BCUT2D eigenvalue weighted by Gasteiger charge is -2.18. The second-order valence-electron chi connectivity index (χ2n) is 5.66. The van der Waals surface area contributed by atoms with Crippen molar-refractivity contribution >= 4 is 33.3 Å². The molecule has 0 saturated carbocycles. The fraction of sp³-hybridized carbons (Fsp3) is 0.235. The van der Waals surface area contributed by atoms with Crippen LogP contribution >= 0.6 is 21.7 Å². The molecule has 2 heterocycles. The van der Waals surface area contributed by atoms with E-state index in [4.69, 9.17) is 10.7 Å². The van der Waals surface area contributed by atoms with E-state index in [2.05, 4.69) is 17.4 Å². The summed E-state index contributed by atoms with van der Waals surface area (Å²) < 4.78 is 0. The molecule has 0 fully saturated rings. The number of carbonyl (C=O) groups is 1. The van der Waals surface area contributed by atoms with Gasteiger partial charge in [0, 0.05) is 35.8 Å². The molecular formula is C17H15ClN2OS. The van der Waals surface area contributed by atoms with Crippen LogP contribution in [0.2, 0.25) is 0 Å². The lowest BCUT2D eigenvalue weighted by atomic mass is 10.1. The smallest absolute Gasteiger partial charge is 0.258 e. The lowest BCUT2D eigenvalue weighted by Crippen LogP contribution is -2.28. The topological polar surface area (TPSA) is 32.3 Å². The van der Waals surface area contributed by atoms with E-state index in [1.54, 1.807) is 0 Å². The van der Waals surface area contributed by atoms with Gasteiger partial charge in [-0.25, -0.2) is 0 Å². The first-order valence-corrected chi connectivity index (χ1v) is 8.96. The van der Waals surface area contributed by atoms with E-state index >= 15 is 0 Å². The van der Waals surface area contributed by atoms with Crippen LogP contribution < -0.4 is 10.2 Å². The van der Waals surface area contributed by atoms with Gasteiger partial charge in [0.05, 0.1) is 0 Å². The van der Waals surface area contributed by atoms with E-state index in [0.29, 0.717) is 0 Å². The molecule has 1 N–H and O–H groups in total. The molecule has 3 nitrogen and oxygen atoms in total. The molecule has 2 aromatic carbocycles. The van der Waals surface area contributed by atoms with Crippen molar-refractivity contribution in [2.24, 2.45) is 0 Å². The molecule has 0 aromatic heterocycles. The van der Waals surface area contributed by atoms with E-state index in [1.165, 1.54) is 27.7 Å². The number of fused-ring (bicyclic) bond motifs is 2. The monoisotopic (exact) mass is 330 g/mol. The summed E-state index contributed by atoms with van der Waals surface area (Å²) in [6.07, 6.45) is 0.888. The van der Waals surface area contributed by atoms with Gasteiger partial charge >= 0.3 is 0 Å². The van der Waals surface area contributed by atoms with Crippen LogP contribution in [0.1, 0.15) is 27.0 Å². The van der Waals surface area contributed by atoms with Gasteiger partial charge in [-0.15, -0.1) is 0 Å². The third-order valence-electron chi connectivity index (χ3n) is 4.36. The van der Waals surface area contributed by atoms with Crippen molar-refractivity contribution in [3.63, 3.8) is 0 Å². The fourth-order valence-electron chi connectivity index (χ4n) is 3.22.